The van der Waals surface area contributed by atoms with Crippen molar-refractivity contribution in [2.24, 2.45) is 0 Å². The van der Waals surface area contributed by atoms with Crippen LogP contribution in [0, 0.1) is 0 Å². The Kier molecular flexibility index (Phi) is 5.17. The Morgan fingerprint density at radius 1 is 1.30 bits per heavy atom. The van der Waals surface area contributed by atoms with Crippen molar-refractivity contribution >= 4 is 28.1 Å². The smallest absolute Gasteiger partial charge is 0.330 e. The zero-order chi connectivity index (χ0) is 14.4. The van der Waals surface area contributed by atoms with E-state index in [2.05, 4.69) is 11.3 Å². The third-order valence-corrected chi connectivity index (χ3v) is 3.83. The largest absolute Gasteiger partial charge is 0.593 e. The molecule has 0 aliphatic heterocycles. The molecule has 2 rings (SSSR count). The summed E-state index contributed by atoms with van der Waals surface area (Å²) in [6, 6.07) is 13.5. The van der Waals surface area contributed by atoms with Crippen LogP contribution in [0.25, 0.3) is 10.8 Å². The molecule has 0 bridgehead atoms. The molecule has 1 N–H and O–H groups in total. The Bertz CT molecular complexity index is 615. The molecule has 20 heavy (non-hydrogen) atoms. The molecule has 0 aliphatic carbocycles. The predicted molar refractivity (Wildman–Crippen MR) is 79.5 cm³/mol. The molecular weight excluding hydrogens is 274 g/mol. The van der Waals surface area contributed by atoms with Crippen LogP contribution in [0.5, 0.6) is 0 Å². The van der Waals surface area contributed by atoms with Crippen LogP contribution in [0.2, 0.25) is 0 Å². The molecule has 0 saturated heterocycles. The summed E-state index contributed by atoms with van der Waals surface area (Å²) in [5, 5.41) is 2.14. The summed E-state index contributed by atoms with van der Waals surface area (Å²) in [5.41, 5.74) is 0. The molecule has 1 atom stereocenters. The molecule has 2 aromatic rings. The first-order valence-corrected chi connectivity index (χ1v) is 7.29. The van der Waals surface area contributed by atoms with Crippen LogP contribution in [0.3, 0.4) is 0 Å². The van der Waals surface area contributed by atoms with Crippen molar-refractivity contribution in [2.75, 3.05) is 13.2 Å². The number of esters is 1. The van der Waals surface area contributed by atoms with Crippen LogP contribution >= 0.6 is 0 Å². The molecule has 2 aromatic carbocycles. The standard InChI is InChI=1S/C15H15NO3S/c1-2-15(17)19-10-9-16-20(18)14-8-7-12-5-3-4-6-13(12)11-14/h2-8,11,16H,1,9-10H2. The maximum Gasteiger partial charge on any atom is 0.330 e. The van der Waals surface area contributed by atoms with Gasteiger partial charge in [-0.1, -0.05) is 30.8 Å². The molecule has 0 fully saturated rings. The monoisotopic (exact) mass is 289 g/mol. The molecule has 0 amide bonds. The van der Waals surface area contributed by atoms with Gasteiger partial charge in [0.2, 0.25) is 0 Å². The highest BCUT2D eigenvalue weighted by Crippen LogP contribution is 2.18. The van der Waals surface area contributed by atoms with Crippen molar-refractivity contribution in [1.82, 2.24) is 4.72 Å². The number of ether oxygens (including phenoxy) is 1. The normalized spacial score (nSPS) is 12.1. The van der Waals surface area contributed by atoms with Crippen LogP contribution in [0.4, 0.5) is 0 Å². The Labute approximate surface area is 120 Å². The fraction of sp³-hybridized carbons (Fsp3) is 0.133. The van der Waals surface area contributed by atoms with Gasteiger partial charge in [0.25, 0.3) is 0 Å². The molecule has 0 aromatic heterocycles. The number of fused-ring (bicyclic) bond motifs is 1. The van der Waals surface area contributed by atoms with Gasteiger partial charge < -0.3 is 9.29 Å². The SMILES string of the molecule is C=CC(=O)OCCN[S+]([O-])c1ccc2ccccc2c1. The van der Waals surface area contributed by atoms with E-state index in [1.54, 1.807) is 0 Å². The van der Waals surface area contributed by atoms with E-state index in [1.165, 1.54) is 0 Å². The number of benzene rings is 2. The van der Waals surface area contributed by atoms with Gasteiger partial charge in [-0.25, -0.2) is 4.79 Å². The van der Waals surface area contributed by atoms with Gasteiger partial charge in [-0.2, -0.15) is 0 Å². The van der Waals surface area contributed by atoms with E-state index in [9.17, 15) is 9.35 Å². The first kappa shape index (κ1) is 14.6. The quantitative estimate of drug-likeness (QED) is 0.383. The lowest BCUT2D eigenvalue weighted by Crippen LogP contribution is -2.28. The van der Waals surface area contributed by atoms with E-state index in [0.717, 1.165) is 16.8 Å². The summed E-state index contributed by atoms with van der Waals surface area (Å²) in [4.78, 5) is 11.5. The molecule has 4 nitrogen and oxygen atoms in total. The van der Waals surface area contributed by atoms with Crippen LogP contribution in [0.1, 0.15) is 0 Å². The molecule has 0 heterocycles. The average molecular weight is 289 g/mol. The molecule has 1 unspecified atom stereocenters. The zero-order valence-electron chi connectivity index (χ0n) is 10.9. The Hall–Kier alpha value is -1.82. The highest BCUT2D eigenvalue weighted by molar-refractivity contribution is 7.89. The maximum absolute atomic E-state index is 12.0. The van der Waals surface area contributed by atoms with Gasteiger partial charge in [0.1, 0.15) is 6.61 Å². The Balaban J connectivity index is 1.92. The van der Waals surface area contributed by atoms with E-state index in [-0.39, 0.29) is 6.61 Å². The van der Waals surface area contributed by atoms with Gasteiger partial charge >= 0.3 is 5.97 Å². The van der Waals surface area contributed by atoms with E-state index < -0.39 is 17.3 Å². The van der Waals surface area contributed by atoms with Crippen molar-refractivity contribution in [3.05, 3.63) is 55.1 Å². The lowest BCUT2D eigenvalue weighted by molar-refractivity contribution is -0.137. The fourth-order valence-electron chi connectivity index (χ4n) is 1.71. The van der Waals surface area contributed by atoms with Gasteiger partial charge in [-0.05, 0) is 22.9 Å². The van der Waals surface area contributed by atoms with Gasteiger partial charge in [0, 0.05) is 12.1 Å². The highest BCUT2D eigenvalue weighted by atomic mass is 32.2. The molecule has 5 heteroatoms. The van der Waals surface area contributed by atoms with Crippen LogP contribution < -0.4 is 4.72 Å². The van der Waals surface area contributed by atoms with E-state index in [0.29, 0.717) is 11.4 Å². The summed E-state index contributed by atoms with van der Waals surface area (Å²) in [5.74, 6) is -0.483. The minimum Gasteiger partial charge on any atom is -0.593 e. The summed E-state index contributed by atoms with van der Waals surface area (Å²) in [6.07, 6.45) is 1.10. The third-order valence-electron chi connectivity index (χ3n) is 2.68. The van der Waals surface area contributed by atoms with E-state index in [1.807, 2.05) is 42.5 Å². The molecular formula is C15H15NO3S. The van der Waals surface area contributed by atoms with Crippen LogP contribution in [-0.2, 0) is 20.9 Å². The summed E-state index contributed by atoms with van der Waals surface area (Å²) < 4.78 is 19.6. The van der Waals surface area contributed by atoms with Crippen molar-refractivity contribution in [3.63, 3.8) is 0 Å². The van der Waals surface area contributed by atoms with Crippen molar-refractivity contribution < 1.29 is 14.1 Å². The number of carbonyl (C=O) groups excluding carboxylic acids is 1. The minimum absolute atomic E-state index is 0.157. The first-order valence-electron chi connectivity index (χ1n) is 6.14. The molecule has 0 radical (unpaired) electrons. The second-order valence-corrected chi connectivity index (χ2v) is 5.34. The van der Waals surface area contributed by atoms with E-state index in [4.69, 9.17) is 4.74 Å². The lowest BCUT2D eigenvalue weighted by atomic mass is 10.1. The number of carbonyl (C=O) groups is 1. The molecule has 0 spiro atoms. The highest BCUT2D eigenvalue weighted by Gasteiger charge is 2.11. The number of rotatable bonds is 6. The van der Waals surface area contributed by atoms with Crippen molar-refractivity contribution in [2.45, 2.75) is 4.90 Å². The summed E-state index contributed by atoms with van der Waals surface area (Å²) in [6.45, 7) is 3.77. The Morgan fingerprint density at radius 2 is 2.05 bits per heavy atom. The molecule has 0 aliphatic rings. The fourth-order valence-corrected chi connectivity index (χ4v) is 2.57. The van der Waals surface area contributed by atoms with Gasteiger partial charge in [-0.3, -0.25) is 0 Å². The predicted octanol–water partition coefficient (Wildman–Crippen LogP) is 2.18. The zero-order valence-corrected chi connectivity index (χ0v) is 11.7. The number of nitrogens with one attached hydrogen (secondary N) is 1. The van der Waals surface area contributed by atoms with Crippen molar-refractivity contribution in [3.8, 4) is 0 Å². The molecule has 104 valence electrons. The second-order valence-electron chi connectivity index (χ2n) is 4.04. The summed E-state index contributed by atoms with van der Waals surface area (Å²) >= 11 is -1.32. The van der Waals surface area contributed by atoms with Gasteiger partial charge in [0.05, 0.1) is 17.9 Å². The van der Waals surface area contributed by atoms with Crippen LogP contribution in [0.15, 0.2) is 60.0 Å². The van der Waals surface area contributed by atoms with E-state index >= 15 is 0 Å². The van der Waals surface area contributed by atoms with Gasteiger partial charge in [-0.15, -0.1) is 4.72 Å². The minimum atomic E-state index is -1.32. The third kappa shape index (κ3) is 3.84. The number of hydrogen-bond donors (Lipinski definition) is 1. The second kappa shape index (κ2) is 7.09. The molecule has 0 saturated carbocycles. The topological polar surface area (TPSA) is 61.4 Å². The number of hydrogen-bond acceptors (Lipinski definition) is 4. The van der Waals surface area contributed by atoms with Crippen molar-refractivity contribution in [1.29, 1.82) is 0 Å². The maximum atomic E-state index is 12.0. The van der Waals surface area contributed by atoms with Crippen LogP contribution in [-0.4, -0.2) is 23.7 Å². The van der Waals surface area contributed by atoms with Gasteiger partial charge in [0.15, 0.2) is 4.90 Å². The average Bonchev–Trinajstić information content (AvgIpc) is 2.50. The summed E-state index contributed by atoms with van der Waals surface area (Å²) in [7, 11) is 0. The lowest BCUT2D eigenvalue weighted by Gasteiger charge is -2.11. The first-order chi connectivity index (χ1) is 9.70. The Morgan fingerprint density at radius 3 is 2.80 bits per heavy atom.